The Morgan fingerprint density at radius 1 is 1.67 bits per heavy atom. The number of aliphatic hydroxyl groups is 1. The number of aliphatic hydroxyl groups excluding tert-OH is 1. The fraction of sp³-hybridized carbons (Fsp3) is 0.571. The van der Waals surface area contributed by atoms with Gasteiger partial charge < -0.3 is 5.11 Å². The first-order valence-corrected chi connectivity index (χ1v) is 5.73. The molecular weight excluding hydrogens is 184 g/mol. The molecule has 0 saturated heterocycles. The van der Waals surface area contributed by atoms with Gasteiger partial charge in [0.2, 0.25) is 0 Å². The second-order valence-electron chi connectivity index (χ2n) is 5.33. The van der Waals surface area contributed by atoms with E-state index in [9.17, 15) is 0 Å². The molecule has 15 heavy (non-hydrogen) atoms. The first-order valence-electron chi connectivity index (χ1n) is 5.73. The van der Waals surface area contributed by atoms with Gasteiger partial charge in [0.1, 0.15) is 0 Å². The molecule has 0 amide bonds. The zero-order chi connectivity index (χ0) is 11.1. The van der Waals surface area contributed by atoms with Gasteiger partial charge in [0.25, 0.3) is 0 Å². The van der Waals surface area contributed by atoms with E-state index in [2.05, 4.69) is 32.6 Å². The molecule has 0 aromatic heterocycles. The number of rotatable bonds is 3. The molecule has 0 unspecified atom stereocenters. The van der Waals surface area contributed by atoms with Crippen molar-refractivity contribution in [3.63, 3.8) is 0 Å². The summed E-state index contributed by atoms with van der Waals surface area (Å²) in [6, 6.07) is 0. The lowest BCUT2D eigenvalue weighted by molar-refractivity contribution is -0.00337. The van der Waals surface area contributed by atoms with E-state index in [1.54, 1.807) is 6.08 Å². The molecule has 0 aliphatic heterocycles. The molecule has 2 atom stereocenters. The molecule has 3 aliphatic carbocycles. The summed E-state index contributed by atoms with van der Waals surface area (Å²) in [5, 5.41) is 9.12. The highest BCUT2D eigenvalue weighted by atomic mass is 16.3. The normalized spacial score (nSPS) is 33.0. The van der Waals surface area contributed by atoms with Gasteiger partial charge in [-0.05, 0) is 41.2 Å². The van der Waals surface area contributed by atoms with Crippen LogP contribution in [0.5, 0.6) is 0 Å². The monoisotopic (exact) mass is 204 g/mol. The maximum atomic E-state index is 9.12. The standard InChI is InChI=1S/C14H20O/c1-4-10(9-15)7-11-5-6-12-8-13(11)14(12,2)3/h4-5,7,12-13,15H,1,6,8-9H2,2-3H3/b10-7+/t12-,13-/m0/s1. The third-order valence-electron chi connectivity index (χ3n) is 4.31. The van der Waals surface area contributed by atoms with Gasteiger partial charge in [-0.3, -0.25) is 0 Å². The van der Waals surface area contributed by atoms with Crippen molar-refractivity contribution in [1.82, 2.24) is 0 Å². The Labute approximate surface area is 92.2 Å². The van der Waals surface area contributed by atoms with E-state index in [-0.39, 0.29) is 6.61 Å². The van der Waals surface area contributed by atoms with Crippen molar-refractivity contribution in [2.24, 2.45) is 17.3 Å². The van der Waals surface area contributed by atoms with Crippen LogP contribution in [0.4, 0.5) is 0 Å². The maximum Gasteiger partial charge on any atom is 0.0681 e. The molecular formula is C14H20O. The Balaban J connectivity index is 2.21. The molecule has 0 aromatic carbocycles. The van der Waals surface area contributed by atoms with Crippen LogP contribution in [0.2, 0.25) is 0 Å². The zero-order valence-electron chi connectivity index (χ0n) is 9.66. The Morgan fingerprint density at radius 3 is 2.87 bits per heavy atom. The molecule has 1 fully saturated rings. The summed E-state index contributed by atoms with van der Waals surface area (Å²) < 4.78 is 0. The molecule has 0 heterocycles. The lowest BCUT2D eigenvalue weighted by Gasteiger charge is -2.56. The molecule has 3 aliphatic rings. The van der Waals surface area contributed by atoms with Crippen molar-refractivity contribution < 1.29 is 5.11 Å². The SMILES string of the molecule is C=C/C(=C\C1=CC[C@H]2C[C@@H]1C2(C)C)CO. The Kier molecular flexibility index (Phi) is 2.59. The molecule has 1 saturated carbocycles. The zero-order valence-corrected chi connectivity index (χ0v) is 9.66. The third kappa shape index (κ3) is 1.59. The van der Waals surface area contributed by atoms with E-state index in [4.69, 9.17) is 5.11 Å². The summed E-state index contributed by atoms with van der Waals surface area (Å²) in [6.45, 7) is 8.53. The molecule has 1 heteroatoms. The van der Waals surface area contributed by atoms with E-state index < -0.39 is 0 Å². The fourth-order valence-corrected chi connectivity index (χ4v) is 2.94. The van der Waals surface area contributed by atoms with Crippen molar-refractivity contribution in [2.75, 3.05) is 6.61 Å². The topological polar surface area (TPSA) is 20.2 Å². The van der Waals surface area contributed by atoms with E-state index in [1.807, 2.05) is 0 Å². The van der Waals surface area contributed by atoms with Gasteiger partial charge >= 0.3 is 0 Å². The highest BCUT2D eigenvalue weighted by Gasteiger charge is 2.50. The average Bonchev–Trinajstić information content (AvgIpc) is 2.25. The van der Waals surface area contributed by atoms with E-state index in [0.29, 0.717) is 11.3 Å². The average molecular weight is 204 g/mol. The highest BCUT2D eigenvalue weighted by Crippen LogP contribution is 2.59. The van der Waals surface area contributed by atoms with Gasteiger partial charge in [-0.1, -0.05) is 38.7 Å². The molecule has 0 spiro atoms. The lowest BCUT2D eigenvalue weighted by atomic mass is 9.49. The quantitative estimate of drug-likeness (QED) is 0.700. The van der Waals surface area contributed by atoms with Gasteiger partial charge in [-0.2, -0.15) is 0 Å². The first-order chi connectivity index (χ1) is 7.09. The Hall–Kier alpha value is -0.820. The van der Waals surface area contributed by atoms with Crippen molar-refractivity contribution in [3.05, 3.63) is 36.0 Å². The Morgan fingerprint density at radius 2 is 2.40 bits per heavy atom. The summed E-state index contributed by atoms with van der Waals surface area (Å²) in [6.07, 6.45) is 8.73. The van der Waals surface area contributed by atoms with Crippen molar-refractivity contribution in [2.45, 2.75) is 26.7 Å². The highest BCUT2D eigenvalue weighted by molar-refractivity contribution is 5.36. The van der Waals surface area contributed by atoms with Crippen molar-refractivity contribution in [1.29, 1.82) is 0 Å². The molecule has 0 aromatic rings. The molecule has 3 rings (SSSR count). The van der Waals surface area contributed by atoms with Gasteiger partial charge in [-0.15, -0.1) is 0 Å². The minimum absolute atomic E-state index is 0.0947. The summed E-state index contributed by atoms with van der Waals surface area (Å²) in [5.74, 6) is 1.57. The molecule has 1 nitrogen and oxygen atoms in total. The van der Waals surface area contributed by atoms with E-state index >= 15 is 0 Å². The minimum atomic E-state index is 0.0947. The summed E-state index contributed by atoms with van der Waals surface area (Å²) in [5.41, 5.74) is 2.80. The van der Waals surface area contributed by atoms with Crippen LogP contribution in [0.15, 0.2) is 36.0 Å². The third-order valence-corrected chi connectivity index (χ3v) is 4.31. The van der Waals surface area contributed by atoms with Crippen LogP contribution < -0.4 is 0 Å². The van der Waals surface area contributed by atoms with Gasteiger partial charge in [0.05, 0.1) is 6.61 Å². The second kappa shape index (κ2) is 3.64. The van der Waals surface area contributed by atoms with Crippen molar-refractivity contribution in [3.8, 4) is 0 Å². The van der Waals surface area contributed by atoms with E-state index in [1.165, 1.54) is 18.4 Å². The lowest BCUT2D eigenvalue weighted by Crippen LogP contribution is -2.47. The van der Waals surface area contributed by atoms with Crippen LogP contribution in [-0.2, 0) is 0 Å². The maximum absolute atomic E-state index is 9.12. The molecule has 2 bridgehead atoms. The van der Waals surface area contributed by atoms with Gasteiger partial charge in [-0.25, -0.2) is 0 Å². The number of fused-ring (bicyclic) bond motifs is 1. The predicted octanol–water partition coefficient (Wildman–Crippen LogP) is 3.08. The number of hydrogen-bond donors (Lipinski definition) is 1. The first kappa shape index (κ1) is 10.7. The van der Waals surface area contributed by atoms with E-state index in [0.717, 1.165) is 11.5 Å². The summed E-state index contributed by atoms with van der Waals surface area (Å²) in [7, 11) is 0. The van der Waals surface area contributed by atoms with Crippen LogP contribution in [0, 0.1) is 17.3 Å². The van der Waals surface area contributed by atoms with Crippen LogP contribution >= 0.6 is 0 Å². The van der Waals surface area contributed by atoms with Crippen LogP contribution in [0.1, 0.15) is 26.7 Å². The molecule has 0 radical (unpaired) electrons. The Bertz CT molecular complexity index is 333. The number of hydrogen-bond acceptors (Lipinski definition) is 1. The number of allylic oxidation sites excluding steroid dienone is 3. The van der Waals surface area contributed by atoms with Crippen LogP contribution in [0.25, 0.3) is 0 Å². The summed E-state index contributed by atoms with van der Waals surface area (Å²) in [4.78, 5) is 0. The smallest absolute Gasteiger partial charge is 0.0681 e. The second-order valence-corrected chi connectivity index (χ2v) is 5.33. The van der Waals surface area contributed by atoms with Gasteiger partial charge in [0.15, 0.2) is 0 Å². The van der Waals surface area contributed by atoms with Gasteiger partial charge in [0, 0.05) is 0 Å². The van der Waals surface area contributed by atoms with Crippen LogP contribution in [0.3, 0.4) is 0 Å². The predicted molar refractivity (Wildman–Crippen MR) is 63.4 cm³/mol. The largest absolute Gasteiger partial charge is 0.392 e. The van der Waals surface area contributed by atoms with Crippen LogP contribution in [-0.4, -0.2) is 11.7 Å². The fourth-order valence-electron chi connectivity index (χ4n) is 2.94. The molecule has 82 valence electrons. The summed E-state index contributed by atoms with van der Waals surface area (Å²) >= 11 is 0. The minimum Gasteiger partial charge on any atom is -0.392 e. The molecule has 1 N–H and O–H groups in total. The van der Waals surface area contributed by atoms with Crippen molar-refractivity contribution >= 4 is 0 Å².